The van der Waals surface area contributed by atoms with Gasteiger partial charge in [-0.1, -0.05) is 142 Å². The molecule has 34 heavy (non-hydrogen) atoms. The van der Waals surface area contributed by atoms with Gasteiger partial charge in [0.15, 0.2) is 0 Å². The van der Waals surface area contributed by atoms with Crippen LogP contribution in [0.4, 0.5) is 0 Å². The maximum Gasteiger partial charge on any atom is 0.315 e. The van der Waals surface area contributed by atoms with Gasteiger partial charge in [0.25, 0.3) is 0 Å². The van der Waals surface area contributed by atoms with Gasteiger partial charge in [-0.25, -0.2) is 0 Å². The van der Waals surface area contributed by atoms with Gasteiger partial charge in [-0.2, -0.15) is 0 Å². The lowest BCUT2D eigenvalue weighted by Crippen LogP contribution is -2.51. The van der Waals surface area contributed by atoms with Crippen LogP contribution in [0.25, 0.3) is 0 Å². The lowest BCUT2D eigenvalue weighted by Gasteiger charge is -2.43. The normalized spacial score (nSPS) is 24.2. The van der Waals surface area contributed by atoms with Crippen molar-refractivity contribution in [2.75, 3.05) is 0 Å². The lowest BCUT2D eigenvalue weighted by atomic mass is 9.57. The molecule has 0 heterocycles. The Morgan fingerprint density at radius 2 is 0.941 bits per heavy atom. The van der Waals surface area contributed by atoms with Crippen molar-refractivity contribution in [2.45, 2.75) is 130 Å². The Bertz CT molecular complexity index is 583. The second kappa shape index (κ2) is 16.2. The molecular formula is C30H52O4. The van der Waals surface area contributed by atoms with Gasteiger partial charge >= 0.3 is 11.9 Å². The standard InChI is InChI=1S/C24H40O4.C6H12/c1-19(2)13-7-5-9-15-23(21(25)26)17-11-12-18-24(23,22(27)28)16-10-6-8-14-20(3)4;1-2-4-6-5-3-1/h11-12,17-20H,5-10,13-16H2,1-4H3,(H,25,26)(H,27,28);1-6H2. The van der Waals surface area contributed by atoms with E-state index >= 15 is 0 Å². The summed E-state index contributed by atoms with van der Waals surface area (Å²) < 4.78 is 0. The van der Waals surface area contributed by atoms with Gasteiger partial charge in [0.2, 0.25) is 0 Å². The number of carbonyl (C=O) groups is 2. The molecule has 4 heteroatoms. The highest BCUT2D eigenvalue weighted by Crippen LogP contribution is 2.52. The minimum atomic E-state index is -1.36. The van der Waals surface area contributed by atoms with Crippen molar-refractivity contribution in [3.8, 4) is 0 Å². The van der Waals surface area contributed by atoms with Crippen LogP contribution >= 0.6 is 0 Å². The van der Waals surface area contributed by atoms with Crippen LogP contribution in [-0.2, 0) is 9.59 Å². The molecule has 0 saturated heterocycles. The van der Waals surface area contributed by atoms with Gasteiger partial charge in [-0.15, -0.1) is 0 Å². The zero-order valence-electron chi connectivity index (χ0n) is 22.5. The average molecular weight is 477 g/mol. The quantitative estimate of drug-likeness (QED) is 0.246. The number of carboxylic acids is 2. The van der Waals surface area contributed by atoms with E-state index in [0.29, 0.717) is 24.7 Å². The summed E-state index contributed by atoms with van der Waals surface area (Å²) in [7, 11) is 0. The fraction of sp³-hybridized carbons (Fsp3) is 0.800. The first-order valence-electron chi connectivity index (χ1n) is 14.0. The van der Waals surface area contributed by atoms with E-state index in [1.54, 1.807) is 24.3 Å². The molecule has 2 aliphatic carbocycles. The van der Waals surface area contributed by atoms with E-state index < -0.39 is 22.8 Å². The van der Waals surface area contributed by atoms with Crippen LogP contribution in [0.3, 0.4) is 0 Å². The van der Waals surface area contributed by atoms with Crippen LogP contribution in [0.15, 0.2) is 24.3 Å². The van der Waals surface area contributed by atoms with Gasteiger partial charge in [-0.3, -0.25) is 9.59 Å². The molecule has 196 valence electrons. The molecule has 0 aromatic rings. The van der Waals surface area contributed by atoms with Crippen molar-refractivity contribution >= 4 is 11.9 Å². The van der Waals surface area contributed by atoms with Gasteiger partial charge in [-0.05, 0) is 24.7 Å². The first-order chi connectivity index (χ1) is 16.2. The Kier molecular flexibility index (Phi) is 14.5. The molecule has 0 radical (unpaired) electrons. The predicted octanol–water partition coefficient (Wildman–Crippen LogP) is 8.81. The minimum Gasteiger partial charge on any atom is -0.481 e. The fourth-order valence-corrected chi connectivity index (χ4v) is 5.41. The van der Waals surface area contributed by atoms with E-state index in [-0.39, 0.29) is 0 Å². The minimum absolute atomic E-state index is 0.375. The lowest BCUT2D eigenvalue weighted by molar-refractivity contribution is -0.167. The van der Waals surface area contributed by atoms with Crippen molar-refractivity contribution < 1.29 is 19.8 Å². The molecule has 2 rings (SSSR count). The van der Waals surface area contributed by atoms with Crippen molar-refractivity contribution in [1.29, 1.82) is 0 Å². The molecule has 2 atom stereocenters. The van der Waals surface area contributed by atoms with Crippen LogP contribution in [0, 0.1) is 22.7 Å². The molecule has 0 bridgehead atoms. The molecule has 4 nitrogen and oxygen atoms in total. The van der Waals surface area contributed by atoms with E-state index in [1.165, 1.54) is 38.5 Å². The van der Waals surface area contributed by atoms with Crippen LogP contribution in [0.5, 0.6) is 0 Å². The zero-order valence-corrected chi connectivity index (χ0v) is 22.5. The molecule has 0 spiro atoms. The second-order valence-corrected chi connectivity index (χ2v) is 11.4. The number of unbranched alkanes of at least 4 members (excludes halogenated alkanes) is 4. The Labute approximate surface area is 209 Å². The highest BCUT2D eigenvalue weighted by molar-refractivity contribution is 5.90. The van der Waals surface area contributed by atoms with Crippen molar-refractivity contribution in [1.82, 2.24) is 0 Å². The van der Waals surface area contributed by atoms with E-state index in [0.717, 1.165) is 51.4 Å². The average Bonchev–Trinajstić information content (AvgIpc) is 2.80. The first kappa shape index (κ1) is 30.5. The molecule has 0 aromatic heterocycles. The van der Waals surface area contributed by atoms with Crippen LogP contribution in [0.2, 0.25) is 0 Å². The largest absolute Gasteiger partial charge is 0.481 e. The van der Waals surface area contributed by atoms with Crippen molar-refractivity contribution in [3.05, 3.63) is 24.3 Å². The van der Waals surface area contributed by atoms with Crippen LogP contribution in [-0.4, -0.2) is 22.2 Å². The third kappa shape index (κ3) is 9.58. The number of carboxylic acid groups (broad SMARTS) is 2. The highest BCUT2D eigenvalue weighted by atomic mass is 16.4. The SMILES string of the molecule is C1CCCCC1.CC(C)CCCCCC1(C(=O)O)C=CC=CC1(CCCCCC(C)C)C(=O)O. The summed E-state index contributed by atoms with van der Waals surface area (Å²) in [5.41, 5.74) is -2.72. The zero-order chi connectivity index (χ0) is 25.5. The molecule has 1 fully saturated rings. The molecule has 1 saturated carbocycles. The van der Waals surface area contributed by atoms with E-state index in [1.807, 2.05) is 0 Å². The molecule has 2 aliphatic rings. The summed E-state index contributed by atoms with van der Waals surface area (Å²) in [5, 5.41) is 20.3. The van der Waals surface area contributed by atoms with Gasteiger partial charge in [0, 0.05) is 0 Å². The first-order valence-corrected chi connectivity index (χ1v) is 14.0. The van der Waals surface area contributed by atoms with Gasteiger partial charge in [0.1, 0.15) is 10.8 Å². The Morgan fingerprint density at radius 3 is 1.21 bits per heavy atom. The number of hydrogen-bond donors (Lipinski definition) is 2. The van der Waals surface area contributed by atoms with Crippen LogP contribution in [0.1, 0.15) is 130 Å². The smallest absolute Gasteiger partial charge is 0.315 e. The second-order valence-electron chi connectivity index (χ2n) is 11.4. The molecule has 0 aliphatic heterocycles. The fourth-order valence-electron chi connectivity index (χ4n) is 5.41. The molecular weight excluding hydrogens is 424 g/mol. The van der Waals surface area contributed by atoms with Gasteiger partial charge in [0.05, 0.1) is 0 Å². The maximum atomic E-state index is 12.4. The number of allylic oxidation sites excluding steroid dienone is 2. The molecule has 2 unspecified atom stereocenters. The molecule has 0 aromatic carbocycles. The summed E-state index contributed by atoms with van der Waals surface area (Å²) in [5.74, 6) is -0.757. The number of hydrogen-bond acceptors (Lipinski definition) is 2. The summed E-state index contributed by atoms with van der Waals surface area (Å²) in [6.07, 6.45) is 24.2. The van der Waals surface area contributed by atoms with Gasteiger partial charge < -0.3 is 10.2 Å². The van der Waals surface area contributed by atoms with E-state index in [2.05, 4.69) is 27.7 Å². The topological polar surface area (TPSA) is 74.6 Å². The predicted molar refractivity (Wildman–Crippen MR) is 142 cm³/mol. The Balaban J connectivity index is 0.000000830. The van der Waals surface area contributed by atoms with Crippen LogP contribution < -0.4 is 0 Å². The number of aliphatic carboxylic acids is 2. The summed E-state index contributed by atoms with van der Waals surface area (Å²) in [6.45, 7) is 8.73. The maximum absolute atomic E-state index is 12.4. The third-order valence-electron chi connectivity index (χ3n) is 7.64. The highest BCUT2D eigenvalue weighted by Gasteiger charge is 2.58. The summed E-state index contributed by atoms with van der Waals surface area (Å²) in [4.78, 5) is 24.8. The van der Waals surface area contributed by atoms with Crippen molar-refractivity contribution in [3.63, 3.8) is 0 Å². The molecule has 2 N–H and O–H groups in total. The summed E-state index contributed by atoms with van der Waals surface area (Å²) in [6, 6.07) is 0. The van der Waals surface area contributed by atoms with Crippen molar-refractivity contribution in [2.24, 2.45) is 22.7 Å². The Hall–Kier alpha value is -1.58. The van der Waals surface area contributed by atoms with E-state index in [4.69, 9.17) is 0 Å². The number of rotatable bonds is 14. The Morgan fingerprint density at radius 1 is 0.618 bits per heavy atom. The summed E-state index contributed by atoms with van der Waals surface area (Å²) >= 11 is 0. The third-order valence-corrected chi connectivity index (χ3v) is 7.64. The van der Waals surface area contributed by atoms with E-state index in [9.17, 15) is 19.8 Å². The monoisotopic (exact) mass is 476 g/mol. The molecule has 0 amide bonds.